The molecule has 1 unspecified atom stereocenters. The molecule has 1 aliphatic rings. The zero-order chi connectivity index (χ0) is 21.1. The van der Waals surface area contributed by atoms with E-state index in [1.54, 1.807) is 6.92 Å². The van der Waals surface area contributed by atoms with Crippen LogP contribution in [0.3, 0.4) is 0 Å². The average molecular weight is 415 g/mol. The van der Waals surface area contributed by atoms with Crippen LogP contribution in [0, 0.1) is 0 Å². The second kappa shape index (κ2) is 8.00. The Hall–Kier alpha value is -1.26. The van der Waals surface area contributed by atoms with Crippen molar-refractivity contribution in [3.63, 3.8) is 0 Å². The molecule has 0 aliphatic heterocycles. The van der Waals surface area contributed by atoms with Crippen molar-refractivity contribution in [2.45, 2.75) is 68.9 Å². The standard InChI is InChI=1S/C16H19F10N/c1-2-3-4-8-11-27(12(17)9-6-5-7-10-12)16(25,26)14(20,21)13(18,19)15(22,23)24/h5-7,9H,2-4,8,10-11H2,1H3. The van der Waals surface area contributed by atoms with E-state index in [2.05, 4.69) is 0 Å². The number of hydrogen-bond donors (Lipinski definition) is 0. The van der Waals surface area contributed by atoms with Crippen molar-refractivity contribution in [3.8, 4) is 0 Å². The van der Waals surface area contributed by atoms with Gasteiger partial charge in [0.25, 0.3) is 0 Å². The number of halogens is 10. The molecule has 0 saturated carbocycles. The van der Waals surface area contributed by atoms with E-state index in [1.165, 1.54) is 6.08 Å². The van der Waals surface area contributed by atoms with Gasteiger partial charge in [-0.2, -0.15) is 39.5 Å². The summed E-state index contributed by atoms with van der Waals surface area (Å²) in [6, 6.07) is -6.11. The molecular weight excluding hydrogens is 396 g/mol. The van der Waals surface area contributed by atoms with Gasteiger partial charge in [-0.1, -0.05) is 44.4 Å². The lowest BCUT2D eigenvalue weighted by molar-refractivity contribution is -0.427. The Balaban J connectivity index is 3.32. The lowest BCUT2D eigenvalue weighted by Crippen LogP contribution is -2.69. The molecule has 1 aliphatic carbocycles. The van der Waals surface area contributed by atoms with Crippen LogP contribution in [-0.2, 0) is 0 Å². The molecular formula is C16H19F10N. The summed E-state index contributed by atoms with van der Waals surface area (Å²) in [5, 5.41) is 0. The summed E-state index contributed by atoms with van der Waals surface area (Å²) in [6.07, 6.45) is -3.39. The van der Waals surface area contributed by atoms with E-state index in [1.807, 2.05) is 0 Å². The van der Waals surface area contributed by atoms with Crippen LogP contribution in [0.4, 0.5) is 43.9 Å². The van der Waals surface area contributed by atoms with Crippen LogP contribution >= 0.6 is 0 Å². The van der Waals surface area contributed by atoms with Gasteiger partial charge in [0.2, 0.25) is 0 Å². The molecule has 0 bridgehead atoms. The van der Waals surface area contributed by atoms with Crippen molar-refractivity contribution >= 4 is 0 Å². The maximum atomic E-state index is 14.9. The largest absolute Gasteiger partial charge is 0.460 e. The van der Waals surface area contributed by atoms with Gasteiger partial charge in [-0.25, -0.2) is 9.29 Å². The lowest BCUT2D eigenvalue weighted by atomic mass is 9.99. The second-order valence-electron chi connectivity index (χ2n) is 6.21. The molecule has 1 atom stereocenters. The third kappa shape index (κ3) is 4.43. The summed E-state index contributed by atoms with van der Waals surface area (Å²) in [6.45, 7) is 0.598. The smallest absolute Gasteiger partial charge is 0.221 e. The van der Waals surface area contributed by atoms with Gasteiger partial charge in [-0.15, -0.1) is 0 Å². The summed E-state index contributed by atoms with van der Waals surface area (Å²) < 4.78 is 134. The van der Waals surface area contributed by atoms with E-state index in [-0.39, 0.29) is 12.8 Å². The molecule has 0 amide bonds. The van der Waals surface area contributed by atoms with E-state index >= 15 is 0 Å². The highest BCUT2D eigenvalue weighted by molar-refractivity contribution is 5.19. The van der Waals surface area contributed by atoms with E-state index < -0.39 is 47.7 Å². The van der Waals surface area contributed by atoms with Gasteiger partial charge in [-0.3, -0.25) is 0 Å². The predicted molar refractivity (Wildman–Crippen MR) is 78.5 cm³/mol. The highest BCUT2D eigenvalue weighted by atomic mass is 19.4. The van der Waals surface area contributed by atoms with Crippen LogP contribution in [0.15, 0.2) is 24.3 Å². The van der Waals surface area contributed by atoms with Gasteiger partial charge in [0.1, 0.15) is 0 Å². The summed E-state index contributed by atoms with van der Waals surface area (Å²) in [7, 11) is 0. The van der Waals surface area contributed by atoms with Crippen LogP contribution in [0.5, 0.6) is 0 Å². The Labute approximate surface area is 149 Å². The molecule has 1 nitrogen and oxygen atoms in total. The molecule has 11 heteroatoms. The summed E-state index contributed by atoms with van der Waals surface area (Å²) in [4.78, 5) is -0.894. The topological polar surface area (TPSA) is 3.24 Å². The van der Waals surface area contributed by atoms with Crippen LogP contribution in [0.25, 0.3) is 0 Å². The molecule has 0 saturated heterocycles. The van der Waals surface area contributed by atoms with Crippen molar-refractivity contribution in [1.29, 1.82) is 0 Å². The van der Waals surface area contributed by atoms with Gasteiger partial charge in [0, 0.05) is 13.0 Å². The zero-order valence-electron chi connectivity index (χ0n) is 14.3. The normalized spacial score (nSPS) is 21.9. The first-order valence-corrected chi connectivity index (χ1v) is 8.16. The molecule has 27 heavy (non-hydrogen) atoms. The molecule has 0 N–H and O–H groups in total. The minimum atomic E-state index is -7.06. The minimum Gasteiger partial charge on any atom is -0.221 e. The SMILES string of the molecule is CCCCCCN(C1(F)C=CC=CC1)C(F)(F)C(F)(F)C(F)(F)C(F)(F)F. The van der Waals surface area contributed by atoms with Crippen LogP contribution in [-0.4, -0.2) is 41.3 Å². The summed E-state index contributed by atoms with van der Waals surface area (Å²) in [5.74, 6) is -17.3. The number of alkyl halides is 10. The van der Waals surface area contributed by atoms with Crippen LogP contribution in [0.1, 0.15) is 39.0 Å². The highest BCUT2D eigenvalue weighted by Gasteiger charge is 2.84. The van der Waals surface area contributed by atoms with E-state index in [0.717, 1.165) is 12.2 Å². The van der Waals surface area contributed by atoms with E-state index in [4.69, 9.17) is 0 Å². The number of unbranched alkanes of at least 4 members (excludes halogenated alkanes) is 3. The quantitative estimate of drug-likeness (QED) is 0.237. The first-order chi connectivity index (χ1) is 12.1. The van der Waals surface area contributed by atoms with Gasteiger partial charge < -0.3 is 0 Å². The van der Waals surface area contributed by atoms with Crippen molar-refractivity contribution in [2.24, 2.45) is 0 Å². The molecule has 0 fully saturated rings. The molecule has 0 aromatic rings. The minimum absolute atomic E-state index is 0.181. The number of allylic oxidation sites excluding steroid dienone is 2. The summed E-state index contributed by atoms with van der Waals surface area (Å²) in [5.41, 5.74) is 0. The van der Waals surface area contributed by atoms with Crippen molar-refractivity contribution in [3.05, 3.63) is 24.3 Å². The lowest BCUT2D eigenvalue weighted by Gasteiger charge is -2.45. The van der Waals surface area contributed by atoms with Crippen LogP contribution in [0.2, 0.25) is 0 Å². The van der Waals surface area contributed by atoms with Gasteiger partial charge >= 0.3 is 24.1 Å². The average Bonchev–Trinajstić information content (AvgIpc) is 2.53. The molecule has 0 aromatic carbocycles. The third-order valence-corrected chi connectivity index (χ3v) is 4.15. The molecule has 158 valence electrons. The molecule has 0 aromatic heterocycles. The van der Waals surface area contributed by atoms with Gasteiger partial charge in [-0.05, 0) is 12.5 Å². The molecule has 0 heterocycles. The first-order valence-electron chi connectivity index (χ1n) is 8.16. The Kier molecular flexibility index (Phi) is 7.05. The first kappa shape index (κ1) is 23.8. The maximum absolute atomic E-state index is 14.9. The number of nitrogens with zero attached hydrogens (tertiary/aromatic N) is 1. The molecule has 1 rings (SSSR count). The Bertz CT molecular complexity index is 552. The molecule has 0 spiro atoms. The van der Waals surface area contributed by atoms with E-state index in [9.17, 15) is 43.9 Å². The fraction of sp³-hybridized carbons (Fsp3) is 0.750. The highest BCUT2D eigenvalue weighted by Crippen LogP contribution is 2.55. The monoisotopic (exact) mass is 415 g/mol. The zero-order valence-corrected chi connectivity index (χ0v) is 14.3. The van der Waals surface area contributed by atoms with Crippen molar-refractivity contribution < 1.29 is 43.9 Å². The van der Waals surface area contributed by atoms with Crippen molar-refractivity contribution in [1.82, 2.24) is 4.90 Å². The Morgan fingerprint density at radius 3 is 1.89 bits per heavy atom. The third-order valence-electron chi connectivity index (χ3n) is 4.15. The van der Waals surface area contributed by atoms with Crippen LogP contribution < -0.4 is 0 Å². The fourth-order valence-electron chi connectivity index (χ4n) is 2.58. The number of hydrogen-bond acceptors (Lipinski definition) is 1. The molecule has 0 radical (unpaired) electrons. The van der Waals surface area contributed by atoms with Gasteiger partial charge in [0.15, 0.2) is 5.79 Å². The van der Waals surface area contributed by atoms with E-state index in [0.29, 0.717) is 18.9 Å². The predicted octanol–water partition coefficient (Wildman–Crippen LogP) is 6.48. The van der Waals surface area contributed by atoms with Gasteiger partial charge in [0.05, 0.1) is 0 Å². The van der Waals surface area contributed by atoms with Crippen molar-refractivity contribution in [2.75, 3.05) is 6.54 Å². The Morgan fingerprint density at radius 2 is 1.44 bits per heavy atom. The summed E-state index contributed by atoms with van der Waals surface area (Å²) >= 11 is 0. The number of rotatable bonds is 9. The second-order valence-corrected chi connectivity index (χ2v) is 6.21. The Morgan fingerprint density at radius 1 is 0.852 bits per heavy atom. The maximum Gasteiger partial charge on any atom is 0.460 e. The fourth-order valence-corrected chi connectivity index (χ4v) is 2.58.